The summed E-state index contributed by atoms with van der Waals surface area (Å²) in [5, 5.41) is 22.2. The number of rotatable bonds is 8. The van der Waals surface area contributed by atoms with Crippen molar-refractivity contribution in [2.45, 2.75) is 13.8 Å². The molecule has 0 bridgehead atoms. The van der Waals surface area contributed by atoms with Gasteiger partial charge in [-0.1, -0.05) is 6.92 Å². The van der Waals surface area contributed by atoms with E-state index in [1.807, 2.05) is 6.92 Å². The first-order chi connectivity index (χ1) is 15.9. The Hall–Kier alpha value is -4.19. The van der Waals surface area contributed by atoms with Gasteiger partial charge in [0.05, 0.1) is 11.9 Å². The van der Waals surface area contributed by atoms with Crippen molar-refractivity contribution in [2.24, 2.45) is 5.92 Å². The predicted octanol–water partition coefficient (Wildman–Crippen LogP) is 1.32. The number of aliphatic hydroxyl groups excluding tert-OH is 1. The fourth-order valence-corrected chi connectivity index (χ4v) is 3.12. The van der Waals surface area contributed by atoms with E-state index in [0.717, 1.165) is 0 Å². The lowest BCUT2D eigenvalue weighted by molar-refractivity contribution is 0.0943. The quantitative estimate of drug-likeness (QED) is 0.310. The van der Waals surface area contributed by atoms with Gasteiger partial charge in [-0.15, -0.1) is 0 Å². The van der Waals surface area contributed by atoms with Crippen LogP contribution in [0.15, 0.2) is 46.1 Å². The van der Waals surface area contributed by atoms with Crippen LogP contribution in [0.25, 0.3) is 11.7 Å². The minimum absolute atomic E-state index is 0.0348. The molecule has 0 radical (unpaired) electrons. The number of hydrogen-bond acceptors (Lipinski definition) is 9. The van der Waals surface area contributed by atoms with Gasteiger partial charge in [0.25, 0.3) is 11.5 Å². The number of pyridine rings is 1. The Morgan fingerprint density at radius 2 is 2.15 bits per heavy atom. The number of nitrogens with zero attached hydrogens (tertiary/aromatic N) is 5. The largest absolute Gasteiger partial charge is 0.431 e. The second kappa shape index (κ2) is 9.12. The van der Waals surface area contributed by atoms with Gasteiger partial charge in [0.1, 0.15) is 29.1 Å². The van der Waals surface area contributed by atoms with Crippen molar-refractivity contribution in [3.63, 3.8) is 0 Å². The number of anilines is 3. The van der Waals surface area contributed by atoms with E-state index in [2.05, 4.69) is 31.0 Å². The standard InChI is InChI=1S/C21H24N8O4/c1-12(10-30)8-23-19(31)14-9-24-29-17(22-3)7-16(27-18(14)29)26-15-5-4-6-28(20(15)32)21-25-13(2)11-33-21/h4-7,9,11-12,22,30H,8,10H2,1-3H3,(H,23,31)(H,26,27)/t12-/m1/s1. The predicted molar refractivity (Wildman–Crippen MR) is 121 cm³/mol. The summed E-state index contributed by atoms with van der Waals surface area (Å²) in [5.74, 6) is 0.452. The zero-order valence-electron chi connectivity index (χ0n) is 18.4. The third-order valence-electron chi connectivity index (χ3n) is 4.92. The lowest BCUT2D eigenvalue weighted by atomic mass is 10.2. The van der Waals surface area contributed by atoms with Gasteiger partial charge in [0, 0.05) is 32.5 Å². The van der Waals surface area contributed by atoms with E-state index in [9.17, 15) is 14.7 Å². The molecule has 0 fully saturated rings. The van der Waals surface area contributed by atoms with Crippen molar-refractivity contribution in [2.75, 3.05) is 30.8 Å². The minimum atomic E-state index is -0.378. The molecule has 0 spiro atoms. The Kier molecular flexibility index (Phi) is 6.09. The Labute approximate surface area is 188 Å². The first-order valence-corrected chi connectivity index (χ1v) is 10.3. The third-order valence-corrected chi connectivity index (χ3v) is 4.92. The van der Waals surface area contributed by atoms with E-state index in [0.29, 0.717) is 29.5 Å². The van der Waals surface area contributed by atoms with Crippen LogP contribution >= 0.6 is 0 Å². The molecule has 1 amide bonds. The van der Waals surface area contributed by atoms with Crippen molar-refractivity contribution < 1.29 is 14.3 Å². The molecule has 0 aliphatic carbocycles. The van der Waals surface area contributed by atoms with Gasteiger partial charge in [0.15, 0.2) is 5.65 Å². The summed E-state index contributed by atoms with van der Waals surface area (Å²) < 4.78 is 8.12. The monoisotopic (exact) mass is 452 g/mol. The average Bonchev–Trinajstić information content (AvgIpc) is 3.44. The molecular weight excluding hydrogens is 428 g/mol. The number of amides is 1. The lowest BCUT2D eigenvalue weighted by Crippen LogP contribution is -2.29. The summed E-state index contributed by atoms with van der Waals surface area (Å²) in [7, 11) is 1.71. The molecule has 0 aromatic carbocycles. The fourth-order valence-electron chi connectivity index (χ4n) is 3.12. The molecule has 0 aliphatic heterocycles. The molecule has 4 aromatic rings. The molecule has 4 N–H and O–H groups in total. The van der Waals surface area contributed by atoms with Crippen molar-refractivity contribution in [3.8, 4) is 6.01 Å². The maximum Gasteiger partial charge on any atom is 0.308 e. The smallest absolute Gasteiger partial charge is 0.308 e. The zero-order chi connectivity index (χ0) is 23.5. The topological polar surface area (TPSA) is 152 Å². The van der Waals surface area contributed by atoms with Crippen LogP contribution in [0.4, 0.5) is 17.3 Å². The second-order valence-corrected chi connectivity index (χ2v) is 7.56. The Morgan fingerprint density at radius 3 is 2.85 bits per heavy atom. The lowest BCUT2D eigenvalue weighted by Gasteiger charge is -2.11. The fraction of sp³-hybridized carbons (Fsp3) is 0.286. The van der Waals surface area contributed by atoms with Crippen LogP contribution < -0.4 is 21.5 Å². The molecule has 0 unspecified atom stereocenters. The number of oxazole rings is 1. The minimum Gasteiger partial charge on any atom is -0.431 e. The van der Waals surface area contributed by atoms with Gasteiger partial charge < -0.3 is 25.5 Å². The molecule has 172 valence electrons. The van der Waals surface area contributed by atoms with Gasteiger partial charge in [0.2, 0.25) is 0 Å². The molecule has 0 saturated heterocycles. The van der Waals surface area contributed by atoms with Gasteiger partial charge in [-0.05, 0) is 25.0 Å². The number of aliphatic hydroxyl groups is 1. The maximum atomic E-state index is 13.0. The third kappa shape index (κ3) is 4.41. The summed E-state index contributed by atoms with van der Waals surface area (Å²) in [4.78, 5) is 34.3. The molecule has 12 heteroatoms. The first kappa shape index (κ1) is 22.0. The average molecular weight is 452 g/mol. The van der Waals surface area contributed by atoms with Crippen LogP contribution in [0, 0.1) is 12.8 Å². The van der Waals surface area contributed by atoms with Crippen LogP contribution in [0.2, 0.25) is 0 Å². The summed E-state index contributed by atoms with van der Waals surface area (Å²) in [6, 6.07) is 5.12. The number of carbonyl (C=O) groups is 1. The summed E-state index contributed by atoms with van der Waals surface area (Å²) in [6.07, 6.45) is 4.44. The molecule has 1 atom stereocenters. The zero-order valence-corrected chi connectivity index (χ0v) is 18.4. The summed E-state index contributed by atoms with van der Waals surface area (Å²) in [6.45, 7) is 3.87. The molecule has 4 aromatic heterocycles. The Morgan fingerprint density at radius 1 is 1.33 bits per heavy atom. The van der Waals surface area contributed by atoms with Crippen molar-refractivity contribution in [1.29, 1.82) is 0 Å². The van der Waals surface area contributed by atoms with Gasteiger partial charge in [-0.25, -0.2) is 9.55 Å². The van der Waals surface area contributed by atoms with Crippen LogP contribution in [0.3, 0.4) is 0 Å². The van der Waals surface area contributed by atoms with E-state index in [4.69, 9.17) is 4.42 Å². The molecule has 0 saturated carbocycles. The molecule has 33 heavy (non-hydrogen) atoms. The van der Waals surface area contributed by atoms with E-state index in [-0.39, 0.29) is 41.3 Å². The number of nitrogens with one attached hydrogen (secondary N) is 3. The first-order valence-electron chi connectivity index (χ1n) is 10.3. The highest BCUT2D eigenvalue weighted by Crippen LogP contribution is 2.21. The number of fused-ring (bicyclic) bond motifs is 1. The molecule has 4 heterocycles. The van der Waals surface area contributed by atoms with E-state index < -0.39 is 0 Å². The van der Waals surface area contributed by atoms with Crippen LogP contribution in [0.5, 0.6) is 0 Å². The van der Waals surface area contributed by atoms with Crippen molar-refractivity contribution >= 4 is 28.9 Å². The number of aromatic nitrogens is 5. The van der Waals surface area contributed by atoms with Crippen LogP contribution in [-0.2, 0) is 0 Å². The number of hydrogen-bond donors (Lipinski definition) is 4. The Bertz CT molecular complexity index is 1360. The molecule has 12 nitrogen and oxygen atoms in total. The maximum absolute atomic E-state index is 13.0. The summed E-state index contributed by atoms with van der Waals surface area (Å²) >= 11 is 0. The van der Waals surface area contributed by atoms with E-state index in [1.165, 1.54) is 21.5 Å². The van der Waals surface area contributed by atoms with Crippen LogP contribution in [0.1, 0.15) is 23.0 Å². The Balaban J connectivity index is 1.69. The highest BCUT2D eigenvalue weighted by molar-refractivity contribution is 6.00. The highest BCUT2D eigenvalue weighted by Gasteiger charge is 2.18. The van der Waals surface area contributed by atoms with E-state index in [1.54, 1.807) is 38.4 Å². The van der Waals surface area contributed by atoms with Gasteiger partial charge >= 0.3 is 6.01 Å². The second-order valence-electron chi connectivity index (χ2n) is 7.56. The number of aryl methyl sites for hydroxylation is 1. The molecular formula is C21H24N8O4. The normalized spacial score (nSPS) is 12.0. The molecule has 4 rings (SSSR count). The summed E-state index contributed by atoms with van der Waals surface area (Å²) in [5.41, 5.74) is 1.09. The van der Waals surface area contributed by atoms with Crippen molar-refractivity contribution in [3.05, 3.63) is 58.5 Å². The highest BCUT2D eigenvalue weighted by atomic mass is 16.4. The van der Waals surface area contributed by atoms with Gasteiger partial charge in [-0.3, -0.25) is 9.59 Å². The van der Waals surface area contributed by atoms with Crippen molar-refractivity contribution in [1.82, 2.24) is 29.5 Å². The van der Waals surface area contributed by atoms with Gasteiger partial charge in [-0.2, -0.15) is 14.6 Å². The van der Waals surface area contributed by atoms with E-state index >= 15 is 0 Å². The van der Waals surface area contributed by atoms with Crippen LogP contribution in [-0.4, -0.2) is 55.4 Å². The molecule has 0 aliphatic rings. The SMILES string of the molecule is CNc1cc(Nc2cccn(-c3nc(C)co3)c2=O)nc2c(C(=O)NC[C@@H](C)CO)cnn12. The number of carbonyl (C=O) groups excluding carboxylic acids is 1.